The third-order valence-electron chi connectivity index (χ3n) is 4.12. The number of hydrogen-bond donors (Lipinski definition) is 2. The predicted molar refractivity (Wildman–Crippen MR) is 108 cm³/mol. The molecule has 0 aliphatic heterocycles. The minimum atomic E-state index is -0.267. The van der Waals surface area contributed by atoms with E-state index in [1.807, 2.05) is 24.3 Å². The topological polar surface area (TPSA) is 67.4 Å². The van der Waals surface area contributed by atoms with Crippen LogP contribution in [-0.4, -0.2) is 25.0 Å². The quantitative estimate of drug-likeness (QED) is 0.646. The zero-order chi connectivity index (χ0) is 19.6. The molecule has 2 aromatic rings. The molecule has 0 atom stereocenters. The summed E-state index contributed by atoms with van der Waals surface area (Å²) in [5.74, 6) is 0.623. The Labute approximate surface area is 161 Å². The highest BCUT2D eigenvalue weighted by Crippen LogP contribution is 2.25. The van der Waals surface area contributed by atoms with Gasteiger partial charge in [0.05, 0.1) is 0 Å². The van der Waals surface area contributed by atoms with E-state index in [0.717, 1.165) is 18.4 Å². The summed E-state index contributed by atoms with van der Waals surface area (Å²) in [6.45, 7) is 6.80. The summed E-state index contributed by atoms with van der Waals surface area (Å²) < 4.78 is 5.68. The minimum absolute atomic E-state index is 0.0866. The number of carbonyl (C=O) groups is 2. The van der Waals surface area contributed by atoms with Crippen molar-refractivity contribution in [1.29, 1.82) is 0 Å². The van der Waals surface area contributed by atoms with Gasteiger partial charge < -0.3 is 15.4 Å². The molecule has 0 radical (unpaired) electrons. The molecular weight excluding hydrogens is 340 g/mol. The molecule has 0 saturated heterocycles. The number of ether oxygens (including phenoxy) is 1. The maximum Gasteiger partial charge on any atom is 0.262 e. The van der Waals surface area contributed by atoms with Crippen LogP contribution < -0.4 is 15.4 Å². The van der Waals surface area contributed by atoms with Crippen molar-refractivity contribution in [2.45, 2.75) is 39.5 Å². The van der Waals surface area contributed by atoms with E-state index in [4.69, 9.17) is 4.74 Å². The second-order valence-corrected chi connectivity index (χ2v) is 6.72. The highest BCUT2D eigenvalue weighted by molar-refractivity contribution is 5.97. The summed E-state index contributed by atoms with van der Waals surface area (Å²) in [6.07, 6.45) is 1.97. The second kappa shape index (κ2) is 10.4. The second-order valence-electron chi connectivity index (χ2n) is 6.72. The highest BCUT2D eigenvalue weighted by atomic mass is 16.5. The molecule has 0 spiro atoms. The molecular formula is C22H28N2O3. The first kappa shape index (κ1) is 20.5. The van der Waals surface area contributed by atoms with Gasteiger partial charge in [0.15, 0.2) is 6.61 Å². The number of para-hydroxylation sites is 1. The Bertz CT molecular complexity index is 772. The highest BCUT2D eigenvalue weighted by Gasteiger charge is 2.11. The van der Waals surface area contributed by atoms with Crippen molar-refractivity contribution in [3.8, 4) is 5.75 Å². The van der Waals surface area contributed by atoms with Gasteiger partial charge in [-0.25, -0.2) is 0 Å². The van der Waals surface area contributed by atoms with Crippen molar-refractivity contribution in [1.82, 2.24) is 5.32 Å². The van der Waals surface area contributed by atoms with Gasteiger partial charge in [-0.2, -0.15) is 0 Å². The number of amides is 2. The van der Waals surface area contributed by atoms with E-state index < -0.39 is 0 Å². The van der Waals surface area contributed by atoms with Crippen LogP contribution >= 0.6 is 0 Å². The van der Waals surface area contributed by atoms with Crippen LogP contribution in [0.2, 0.25) is 0 Å². The summed E-state index contributed by atoms with van der Waals surface area (Å²) in [7, 11) is 0. The van der Waals surface area contributed by atoms with E-state index in [1.54, 1.807) is 24.3 Å². The van der Waals surface area contributed by atoms with E-state index in [0.29, 0.717) is 29.5 Å². The maximum absolute atomic E-state index is 12.2. The summed E-state index contributed by atoms with van der Waals surface area (Å²) in [5.41, 5.74) is 2.16. The average molecular weight is 368 g/mol. The molecule has 0 fully saturated rings. The van der Waals surface area contributed by atoms with Gasteiger partial charge in [-0.15, -0.1) is 0 Å². The molecule has 2 rings (SSSR count). The Hall–Kier alpha value is -2.82. The first-order valence-corrected chi connectivity index (χ1v) is 9.41. The number of nitrogens with one attached hydrogen (secondary N) is 2. The van der Waals surface area contributed by atoms with Crippen LogP contribution in [0.5, 0.6) is 5.75 Å². The first-order valence-electron chi connectivity index (χ1n) is 9.41. The lowest BCUT2D eigenvalue weighted by atomic mass is 10.0. The van der Waals surface area contributed by atoms with Crippen molar-refractivity contribution >= 4 is 17.5 Å². The van der Waals surface area contributed by atoms with Crippen LogP contribution in [0.1, 0.15) is 55.5 Å². The number of carbonyl (C=O) groups excluding carboxylic acids is 2. The van der Waals surface area contributed by atoms with Gasteiger partial charge in [0, 0.05) is 17.8 Å². The molecule has 0 aliphatic carbocycles. The molecule has 5 nitrogen and oxygen atoms in total. The summed E-state index contributed by atoms with van der Waals surface area (Å²) in [4.78, 5) is 24.3. The number of hydrogen-bond acceptors (Lipinski definition) is 3. The summed E-state index contributed by atoms with van der Waals surface area (Å²) in [6, 6.07) is 14.6. The fourth-order valence-electron chi connectivity index (χ4n) is 2.65. The Morgan fingerprint density at radius 3 is 2.59 bits per heavy atom. The van der Waals surface area contributed by atoms with Crippen LogP contribution in [0.4, 0.5) is 5.69 Å². The molecule has 0 saturated carbocycles. The van der Waals surface area contributed by atoms with Crippen LogP contribution in [-0.2, 0) is 4.79 Å². The monoisotopic (exact) mass is 368 g/mol. The van der Waals surface area contributed by atoms with Crippen LogP contribution in [0.3, 0.4) is 0 Å². The molecule has 144 valence electrons. The average Bonchev–Trinajstić information content (AvgIpc) is 2.67. The summed E-state index contributed by atoms with van der Waals surface area (Å²) >= 11 is 0. The first-order chi connectivity index (χ1) is 13.0. The van der Waals surface area contributed by atoms with E-state index in [2.05, 4.69) is 31.4 Å². The molecule has 0 heterocycles. The van der Waals surface area contributed by atoms with E-state index in [1.165, 1.54) is 0 Å². The molecule has 0 bridgehead atoms. The van der Waals surface area contributed by atoms with Crippen LogP contribution in [0.25, 0.3) is 0 Å². The number of anilines is 1. The molecule has 0 unspecified atom stereocenters. The van der Waals surface area contributed by atoms with E-state index in [9.17, 15) is 9.59 Å². The molecule has 27 heavy (non-hydrogen) atoms. The number of benzene rings is 2. The van der Waals surface area contributed by atoms with Gasteiger partial charge in [0.25, 0.3) is 11.8 Å². The predicted octanol–water partition coefficient (Wildman–Crippen LogP) is 4.36. The maximum atomic E-state index is 12.2. The lowest BCUT2D eigenvalue weighted by Gasteiger charge is -2.14. The Morgan fingerprint density at radius 2 is 1.85 bits per heavy atom. The fourth-order valence-corrected chi connectivity index (χ4v) is 2.65. The fraction of sp³-hybridized carbons (Fsp3) is 0.364. The lowest BCUT2D eigenvalue weighted by molar-refractivity contribution is -0.118. The third-order valence-corrected chi connectivity index (χ3v) is 4.12. The van der Waals surface area contributed by atoms with Gasteiger partial charge in [-0.05, 0) is 42.2 Å². The Morgan fingerprint density at radius 1 is 1.07 bits per heavy atom. The van der Waals surface area contributed by atoms with Gasteiger partial charge >= 0.3 is 0 Å². The van der Waals surface area contributed by atoms with Crippen molar-refractivity contribution in [2.24, 2.45) is 0 Å². The minimum Gasteiger partial charge on any atom is -0.483 e. The van der Waals surface area contributed by atoms with Gasteiger partial charge in [-0.1, -0.05) is 51.5 Å². The summed E-state index contributed by atoms with van der Waals surface area (Å²) in [5, 5.41) is 5.65. The van der Waals surface area contributed by atoms with Gasteiger partial charge in [-0.3, -0.25) is 9.59 Å². The smallest absolute Gasteiger partial charge is 0.262 e. The molecule has 2 amide bonds. The van der Waals surface area contributed by atoms with Crippen molar-refractivity contribution in [2.75, 3.05) is 18.5 Å². The Balaban J connectivity index is 1.92. The van der Waals surface area contributed by atoms with Crippen molar-refractivity contribution < 1.29 is 14.3 Å². The number of rotatable bonds is 9. The molecule has 0 aliphatic rings. The Kier molecular flexibility index (Phi) is 7.86. The number of unbranched alkanes of at least 4 members (excludes halogenated alkanes) is 1. The van der Waals surface area contributed by atoms with Crippen LogP contribution in [0.15, 0.2) is 48.5 Å². The SMILES string of the molecule is CCCCNC(=O)c1cccc(NC(=O)COc2ccccc2C(C)C)c1. The third kappa shape index (κ3) is 6.44. The zero-order valence-electron chi connectivity index (χ0n) is 16.2. The molecule has 5 heteroatoms. The largest absolute Gasteiger partial charge is 0.483 e. The standard InChI is InChI=1S/C22H28N2O3/c1-4-5-13-23-22(26)17-9-8-10-18(14-17)24-21(25)15-27-20-12-7-6-11-19(20)16(2)3/h6-12,14,16H,4-5,13,15H2,1-3H3,(H,23,26)(H,24,25). The molecule has 2 aromatic carbocycles. The normalized spacial score (nSPS) is 10.5. The van der Waals surface area contributed by atoms with Crippen molar-refractivity contribution in [3.63, 3.8) is 0 Å². The van der Waals surface area contributed by atoms with Crippen LogP contribution in [0, 0.1) is 0 Å². The van der Waals surface area contributed by atoms with Gasteiger partial charge in [0.1, 0.15) is 5.75 Å². The van der Waals surface area contributed by atoms with Gasteiger partial charge in [0.2, 0.25) is 0 Å². The van der Waals surface area contributed by atoms with Crippen molar-refractivity contribution in [3.05, 3.63) is 59.7 Å². The van der Waals surface area contributed by atoms with E-state index >= 15 is 0 Å². The lowest BCUT2D eigenvalue weighted by Crippen LogP contribution is -2.25. The molecule has 2 N–H and O–H groups in total. The molecule has 0 aromatic heterocycles. The van der Waals surface area contributed by atoms with E-state index in [-0.39, 0.29) is 18.4 Å². The zero-order valence-corrected chi connectivity index (χ0v) is 16.2.